The number of nitrogens with one attached hydrogen (secondary N) is 1. The van der Waals surface area contributed by atoms with E-state index in [9.17, 15) is 4.79 Å². The Labute approximate surface area is 202 Å². The second-order valence-electron chi connectivity index (χ2n) is 8.41. The minimum atomic E-state index is -0.405. The number of unbranched alkanes of at least 4 members (excludes halogenated alkanes) is 1. The molecular weight excluding hydrogens is 426 g/mol. The molecule has 3 aromatic rings. The molecule has 1 heterocycles. The number of hydrogen-bond acceptors (Lipinski definition) is 5. The number of para-hydroxylation sites is 2. The molecule has 0 radical (unpaired) electrons. The monoisotopic (exact) mass is 459 g/mol. The highest BCUT2D eigenvalue weighted by molar-refractivity contribution is 5.71. The fourth-order valence-electron chi connectivity index (χ4n) is 4.24. The second-order valence-corrected chi connectivity index (χ2v) is 8.41. The van der Waals surface area contributed by atoms with Crippen molar-refractivity contribution < 1.29 is 14.3 Å². The average molecular weight is 460 g/mol. The predicted octanol–water partition coefficient (Wildman–Crippen LogP) is 5.05. The van der Waals surface area contributed by atoms with Gasteiger partial charge < -0.3 is 19.7 Å². The number of carbonyl (C=O) groups excluding carboxylic acids is 1. The minimum absolute atomic E-state index is 0.405. The summed E-state index contributed by atoms with van der Waals surface area (Å²) in [7, 11) is 1.72. The Hall–Kier alpha value is -3.51. The molecule has 178 valence electrons. The highest BCUT2D eigenvalue weighted by Crippen LogP contribution is 2.28. The quantitative estimate of drug-likeness (QED) is 0.454. The summed E-state index contributed by atoms with van der Waals surface area (Å²) >= 11 is 0. The van der Waals surface area contributed by atoms with Crippen molar-refractivity contribution in [3.05, 3.63) is 78.9 Å². The zero-order chi connectivity index (χ0) is 23.6. The molecule has 0 atom stereocenters. The van der Waals surface area contributed by atoms with E-state index in [1.165, 1.54) is 5.69 Å². The summed E-state index contributed by atoms with van der Waals surface area (Å²) in [5.41, 5.74) is 3.40. The van der Waals surface area contributed by atoms with Gasteiger partial charge in [0.05, 0.1) is 12.8 Å². The van der Waals surface area contributed by atoms with E-state index in [0.29, 0.717) is 12.3 Å². The number of nitrogens with zero attached hydrogens (tertiary/aromatic N) is 2. The van der Waals surface area contributed by atoms with E-state index < -0.39 is 6.09 Å². The first-order valence-electron chi connectivity index (χ1n) is 11.9. The molecule has 0 saturated carbocycles. The van der Waals surface area contributed by atoms with Crippen molar-refractivity contribution >= 4 is 11.8 Å². The van der Waals surface area contributed by atoms with Crippen molar-refractivity contribution in [3.8, 4) is 22.6 Å². The van der Waals surface area contributed by atoms with Gasteiger partial charge in [-0.2, -0.15) is 0 Å². The molecular formula is C28H33N3O3. The summed E-state index contributed by atoms with van der Waals surface area (Å²) in [6.45, 7) is 5.71. The molecule has 6 heteroatoms. The zero-order valence-electron chi connectivity index (χ0n) is 19.8. The van der Waals surface area contributed by atoms with Crippen LogP contribution in [0.25, 0.3) is 11.1 Å². The number of amides is 1. The molecule has 1 N–H and O–H groups in total. The van der Waals surface area contributed by atoms with E-state index in [-0.39, 0.29) is 0 Å². The predicted molar refractivity (Wildman–Crippen MR) is 137 cm³/mol. The number of methoxy groups -OCH3 is 1. The Morgan fingerprint density at radius 3 is 2.24 bits per heavy atom. The van der Waals surface area contributed by atoms with E-state index >= 15 is 0 Å². The molecule has 1 aliphatic heterocycles. The largest absolute Gasteiger partial charge is 0.495 e. The molecule has 1 aliphatic rings. The standard InChI is InChI=1S/C28H33N3O3/c1-33-27-12-6-5-11-26(27)31-21-19-30(20-22-31)18-8-7-17-29-28(32)34-25-15-13-24(14-16-25)23-9-3-2-4-10-23/h2-6,9-16H,7-8,17-22H2,1H3,(H,29,32). The van der Waals surface area contributed by atoms with Crippen LogP contribution < -0.4 is 19.7 Å². The second kappa shape index (κ2) is 12.1. The fraction of sp³-hybridized carbons (Fsp3) is 0.321. The third-order valence-electron chi connectivity index (χ3n) is 6.14. The third-order valence-corrected chi connectivity index (χ3v) is 6.14. The van der Waals surface area contributed by atoms with Gasteiger partial charge in [-0.1, -0.05) is 54.6 Å². The molecule has 3 aromatic carbocycles. The first-order valence-corrected chi connectivity index (χ1v) is 11.9. The van der Waals surface area contributed by atoms with E-state index in [1.54, 1.807) is 7.11 Å². The van der Waals surface area contributed by atoms with Gasteiger partial charge in [-0.05, 0) is 54.8 Å². The zero-order valence-corrected chi connectivity index (χ0v) is 19.8. The van der Waals surface area contributed by atoms with E-state index in [4.69, 9.17) is 9.47 Å². The summed E-state index contributed by atoms with van der Waals surface area (Å²) in [6, 6.07) is 25.9. The average Bonchev–Trinajstić information content (AvgIpc) is 2.90. The Kier molecular flexibility index (Phi) is 8.41. The SMILES string of the molecule is COc1ccccc1N1CCN(CCCCNC(=O)Oc2ccc(-c3ccccc3)cc2)CC1. The Bertz CT molecular complexity index is 1030. The van der Waals surface area contributed by atoms with Crippen molar-refractivity contribution in [1.29, 1.82) is 0 Å². The van der Waals surface area contributed by atoms with Crippen LogP contribution in [-0.4, -0.2) is 57.4 Å². The van der Waals surface area contributed by atoms with Gasteiger partial charge in [-0.25, -0.2) is 4.79 Å². The lowest BCUT2D eigenvalue weighted by molar-refractivity contribution is 0.199. The van der Waals surface area contributed by atoms with Gasteiger partial charge in [0.15, 0.2) is 0 Å². The van der Waals surface area contributed by atoms with Gasteiger partial charge in [0.1, 0.15) is 11.5 Å². The van der Waals surface area contributed by atoms with Crippen LogP contribution in [0.3, 0.4) is 0 Å². The Morgan fingerprint density at radius 1 is 0.824 bits per heavy atom. The van der Waals surface area contributed by atoms with Crippen LogP contribution in [-0.2, 0) is 0 Å². The third kappa shape index (κ3) is 6.51. The number of benzene rings is 3. The van der Waals surface area contributed by atoms with Crippen LogP contribution in [0.1, 0.15) is 12.8 Å². The normalized spacial score (nSPS) is 14.0. The lowest BCUT2D eigenvalue weighted by Crippen LogP contribution is -2.46. The van der Waals surface area contributed by atoms with Crippen molar-refractivity contribution in [2.24, 2.45) is 0 Å². The molecule has 0 aromatic heterocycles. The molecule has 6 nitrogen and oxygen atoms in total. The van der Waals surface area contributed by atoms with Crippen LogP contribution in [0.2, 0.25) is 0 Å². The van der Waals surface area contributed by atoms with Crippen LogP contribution >= 0.6 is 0 Å². The van der Waals surface area contributed by atoms with Gasteiger partial charge in [-0.15, -0.1) is 0 Å². The highest BCUT2D eigenvalue weighted by Gasteiger charge is 2.19. The molecule has 1 amide bonds. The van der Waals surface area contributed by atoms with E-state index in [1.807, 2.05) is 54.6 Å². The first kappa shape index (κ1) is 23.6. The summed E-state index contributed by atoms with van der Waals surface area (Å²) < 4.78 is 10.9. The number of carbonyl (C=O) groups is 1. The van der Waals surface area contributed by atoms with Crippen LogP contribution in [0.5, 0.6) is 11.5 Å². The van der Waals surface area contributed by atoms with Gasteiger partial charge >= 0.3 is 6.09 Å². The van der Waals surface area contributed by atoms with Gasteiger partial charge in [0.2, 0.25) is 0 Å². The summed E-state index contributed by atoms with van der Waals surface area (Å²) in [6.07, 6.45) is 1.56. The van der Waals surface area contributed by atoms with E-state index in [2.05, 4.69) is 39.4 Å². The highest BCUT2D eigenvalue weighted by atomic mass is 16.6. The van der Waals surface area contributed by atoms with Crippen LogP contribution in [0, 0.1) is 0 Å². The van der Waals surface area contributed by atoms with Crippen molar-refractivity contribution in [1.82, 2.24) is 10.2 Å². The topological polar surface area (TPSA) is 54.0 Å². The van der Waals surface area contributed by atoms with Gasteiger partial charge in [0.25, 0.3) is 0 Å². The maximum Gasteiger partial charge on any atom is 0.412 e. The summed E-state index contributed by atoms with van der Waals surface area (Å²) in [5.74, 6) is 1.48. The molecule has 0 spiro atoms. The van der Waals surface area contributed by atoms with Crippen LogP contribution in [0.4, 0.5) is 10.5 Å². The summed E-state index contributed by atoms with van der Waals surface area (Å²) in [5, 5.41) is 2.85. The molecule has 34 heavy (non-hydrogen) atoms. The molecule has 0 aliphatic carbocycles. The maximum atomic E-state index is 12.1. The van der Waals surface area contributed by atoms with Gasteiger partial charge in [-0.3, -0.25) is 4.90 Å². The molecule has 0 unspecified atom stereocenters. The molecule has 0 bridgehead atoms. The molecule has 4 rings (SSSR count). The van der Waals surface area contributed by atoms with Crippen molar-refractivity contribution in [2.45, 2.75) is 12.8 Å². The number of piperazine rings is 1. The lowest BCUT2D eigenvalue weighted by Gasteiger charge is -2.36. The maximum absolute atomic E-state index is 12.1. The fourth-order valence-corrected chi connectivity index (χ4v) is 4.24. The van der Waals surface area contributed by atoms with Crippen molar-refractivity contribution in [3.63, 3.8) is 0 Å². The van der Waals surface area contributed by atoms with Crippen molar-refractivity contribution in [2.75, 3.05) is 51.3 Å². The number of ether oxygens (including phenoxy) is 2. The molecule has 1 saturated heterocycles. The Morgan fingerprint density at radius 2 is 1.50 bits per heavy atom. The first-order chi connectivity index (χ1) is 16.7. The Balaban J connectivity index is 1.10. The van der Waals surface area contributed by atoms with E-state index in [0.717, 1.165) is 62.4 Å². The van der Waals surface area contributed by atoms with Crippen LogP contribution in [0.15, 0.2) is 78.9 Å². The number of anilines is 1. The smallest absolute Gasteiger partial charge is 0.412 e. The lowest BCUT2D eigenvalue weighted by atomic mass is 10.1. The number of hydrogen-bond donors (Lipinski definition) is 1. The minimum Gasteiger partial charge on any atom is -0.495 e. The van der Waals surface area contributed by atoms with Gasteiger partial charge in [0, 0.05) is 32.7 Å². The number of rotatable bonds is 9. The molecule has 1 fully saturated rings. The summed E-state index contributed by atoms with van der Waals surface area (Å²) in [4.78, 5) is 17.0.